The second-order valence-corrected chi connectivity index (χ2v) is 5.37. The molecule has 1 atom stereocenters. The summed E-state index contributed by atoms with van der Waals surface area (Å²) in [5.41, 5.74) is -0.737. The van der Waals surface area contributed by atoms with E-state index >= 15 is 0 Å². The van der Waals surface area contributed by atoms with Gasteiger partial charge in [0.25, 0.3) is 0 Å². The Morgan fingerprint density at radius 1 is 1.44 bits per heavy atom. The normalized spacial score (nSPS) is 23.1. The lowest BCUT2D eigenvalue weighted by molar-refractivity contribution is -0.148. The van der Waals surface area contributed by atoms with Gasteiger partial charge in [0, 0.05) is 19.0 Å². The van der Waals surface area contributed by atoms with E-state index in [2.05, 4.69) is 4.90 Å². The molecule has 1 N–H and O–H groups in total. The van der Waals surface area contributed by atoms with Gasteiger partial charge in [0.1, 0.15) is 5.78 Å². The fraction of sp³-hybridized carbons (Fsp3) is 0.833. The third kappa shape index (κ3) is 3.30. The van der Waals surface area contributed by atoms with E-state index in [0.29, 0.717) is 13.1 Å². The number of carboxylic acids is 1. The van der Waals surface area contributed by atoms with Crippen LogP contribution in [0.1, 0.15) is 33.6 Å². The molecular weight excluding hydrogens is 206 g/mol. The Morgan fingerprint density at radius 3 is 2.56 bits per heavy atom. The van der Waals surface area contributed by atoms with Gasteiger partial charge in [-0.2, -0.15) is 0 Å². The van der Waals surface area contributed by atoms with Crippen LogP contribution in [0.25, 0.3) is 0 Å². The van der Waals surface area contributed by atoms with Crippen molar-refractivity contribution in [3.63, 3.8) is 0 Å². The number of aliphatic carboxylic acids is 1. The van der Waals surface area contributed by atoms with Crippen LogP contribution in [-0.4, -0.2) is 41.4 Å². The molecule has 1 heterocycles. The van der Waals surface area contributed by atoms with Crippen molar-refractivity contribution in [1.82, 2.24) is 4.90 Å². The van der Waals surface area contributed by atoms with Crippen LogP contribution >= 0.6 is 0 Å². The molecule has 1 unspecified atom stereocenters. The van der Waals surface area contributed by atoms with E-state index in [1.807, 2.05) is 0 Å². The first-order chi connectivity index (χ1) is 7.33. The second kappa shape index (κ2) is 4.95. The number of hydrogen-bond acceptors (Lipinski definition) is 3. The number of nitrogens with zero attached hydrogens (tertiary/aromatic N) is 1. The molecule has 0 aromatic carbocycles. The van der Waals surface area contributed by atoms with Gasteiger partial charge in [-0.1, -0.05) is 0 Å². The Bertz CT molecular complexity index is 286. The SMILES string of the molecule is CC(=O)C1CCCN(CC(C)(C)C(=O)O)C1. The zero-order valence-corrected chi connectivity index (χ0v) is 10.3. The first kappa shape index (κ1) is 13.2. The first-order valence-corrected chi connectivity index (χ1v) is 5.79. The van der Waals surface area contributed by atoms with Crippen LogP contribution in [0.2, 0.25) is 0 Å². The van der Waals surface area contributed by atoms with Gasteiger partial charge in [0.05, 0.1) is 5.41 Å². The van der Waals surface area contributed by atoms with Gasteiger partial charge in [-0.25, -0.2) is 0 Å². The monoisotopic (exact) mass is 227 g/mol. The summed E-state index contributed by atoms with van der Waals surface area (Å²) >= 11 is 0. The van der Waals surface area contributed by atoms with E-state index in [9.17, 15) is 9.59 Å². The van der Waals surface area contributed by atoms with Crippen molar-refractivity contribution in [2.45, 2.75) is 33.6 Å². The van der Waals surface area contributed by atoms with Crippen molar-refractivity contribution in [2.24, 2.45) is 11.3 Å². The molecule has 1 aliphatic heterocycles. The maximum Gasteiger partial charge on any atom is 0.310 e. The molecule has 92 valence electrons. The van der Waals surface area contributed by atoms with Gasteiger partial charge >= 0.3 is 5.97 Å². The molecule has 0 saturated carbocycles. The lowest BCUT2D eigenvalue weighted by Crippen LogP contribution is -2.45. The zero-order valence-electron chi connectivity index (χ0n) is 10.3. The molecule has 0 aromatic heterocycles. The Kier molecular flexibility index (Phi) is 4.08. The number of likely N-dealkylation sites (tertiary alicyclic amines) is 1. The molecule has 1 rings (SSSR count). The summed E-state index contributed by atoms with van der Waals surface area (Å²) in [4.78, 5) is 24.4. The summed E-state index contributed by atoms with van der Waals surface area (Å²) in [6, 6.07) is 0. The van der Waals surface area contributed by atoms with Crippen molar-refractivity contribution >= 4 is 11.8 Å². The van der Waals surface area contributed by atoms with Crippen molar-refractivity contribution in [3.05, 3.63) is 0 Å². The number of carbonyl (C=O) groups excluding carboxylic acids is 1. The average molecular weight is 227 g/mol. The van der Waals surface area contributed by atoms with Crippen LogP contribution in [0.5, 0.6) is 0 Å². The Hall–Kier alpha value is -0.900. The Morgan fingerprint density at radius 2 is 2.06 bits per heavy atom. The average Bonchev–Trinajstić information content (AvgIpc) is 2.17. The highest BCUT2D eigenvalue weighted by Gasteiger charge is 2.32. The lowest BCUT2D eigenvalue weighted by atomic mass is 9.89. The Balaban J connectivity index is 2.55. The van der Waals surface area contributed by atoms with E-state index < -0.39 is 11.4 Å². The summed E-state index contributed by atoms with van der Waals surface area (Å²) in [7, 11) is 0. The molecule has 1 fully saturated rings. The van der Waals surface area contributed by atoms with Crippen LogP contribution in [0.4, 0.5) is 0 Å². The molecule has 16 heavy (non-hydrogen) atoms. The molecule has 0 amide bonds. The third-order valence-corrected chi connectivity index (χ3v) is 3.28. The summed E-state index contributed by atoms with van der Waals surface area (Å²) in [6.07, 6.45) is 1.93. The van der Waals surface area contributed by atoms with Gasteiger partial charge in [-0.3, -0.25) is 9.59 Å². The van der Waals surface area contributed by atoms with E-state index in [-0.39, 0.29) is 11.7 Å². The van der Waals surface area contributed by atoms with Crippen molar-refractivity contribution in [2.75, 3.05) is 19.6 Å². The minimum Gasteiger partial charge on any atom is -0.481 e. The molecule has 1 saturated heterocycles. The summed E-state index contributed by atoms with van der Waals surface area (Å²) < 4.78 is 0. The molecule has 0 aliphatic carbocycles. The van der Waals surface area contributed by atoms with E-state index in [4.69, 9.17) is 5.11 Å². The number of ketones is 1. The van der Waals surface area contributed by atoms with Gasteiger partial charge in [-0.05, 0) is 40.2 Å². The van der Waals surface area contributed by atoms with Crippen LogP contribution in [0.3, 0.4) is 0 Å². The number of hydrogen-bond donors (Lipinski definition) is 1. The third-order valence-electron chi connectivity index (χ3n) is 3.28. The van der Waals surface area contributed by atoms with Crippen molar-refractivity contribution in [1.29, 1.82) is 0 Å². The van der Waals surface area contributed by atoms with Crippen molar-refractivity contribution in [3.8, 4) is 0 Å². The first-order valence-electron chi connectivity index (χ1n) is 5.79. The zero-order chi connectivity index (χ0) is 12.3. The number of carboxylic acid groups (broad SMARTS) is 1. The largest absolute Gasteiger partial charge is 0.481 e. The topological polar surface area (TPSA) is 57.6 Å². The predicted molar refractivity (Wildman–Crippen MR) is 61.3 cm³/mol. The summed E-state index contributed by atoms with van der Waals surface area (Å²) in [5, 5.41) is 9.05. The van der Waals surface area contributed by atoms with Gasteiger partial charge in [0.15, 0.2) is 0 Å². The smallest absolute Gasteiger partial charge is 0.310 e. The van der Waals surface area contributed by atoms with Crippen LogP contribution in [0.15, 0.2) is 0 Å². The molecule has 0 spiro atoms. The number of carbonyl (C=O) groups is 2. The van der Waals surface area contributed by atoms with E-state index in [1.54, 1.807) is 20.8 Å². The fourth-order valence-corrected chi connectivity index (χ4v) is 2.16. The molecular formula is C12H21NO3. The van der Waals surface area contributed by atoms with Gasteiger partial charge in [0.2, 0.25) is 0 Å². The minimum atomic E-state index is -0.780. The highest BCUT2D eigenvalue weighted by Crippen LogP contribution is 2.23. The molecule has 0 aromatic rings. The fourth-order valence-electron chi connectivity index (χ4n) is 2.16. The Labute approximate surface area is 96.6 Å². The van der Waals surface area contributed by atoms with E-state index in [1.165, 1.54) is 0 Å². The number of rotatable bonds is 4. The summed E-state index contributed by atoms with van der Waals surface area (Å²) in [6.45, 7) is 7.22. The maximum absolute atomic E-state index is 11.3. The maximum atomic E-state index is 11.3. The predicted octanol–water partition coefficient (Wildman–Crippen LogP) is 1.40. The molecule has 0 bridgehead atoms. The van der Waals surface area contributed by atoms with Crippen LogP contribution in [-0.2, 0) is 9.59 Å². The van der Waals surface area contributed by atoms with Gasteiger partial charge < -0.3 is 10.0 Å². The standard InChI is InChI=1S/C12H21NO3/c1-9(14)10-5-4-6-13(7-10)8-12(2,3)11(15)16/h10H,4-8H2,1-3H3,(H,15,16). The molecule has 0 radical (unpaired) electrons. The van der Waals surface area contributed by atoms with Gasteiger partial charge in [-0.15, -0.1) is 0 Å². The lowest BCUT2D eigenvalue weighted by Gasteiger charge is -2.35. The molecule has 1 aliphatic rings. The van der Waals surface area contributed by atoms with Crippen LogP contribution < -0.4 is 0 Å². The molecule has 4 heteroatoms. The molecule has 4 nitrogen and oxygen atoms in total. The summed E-state index contributed by atoms with van der Waals surface area (Å²) in [5.74, 6) is -0.464. The highest BCUT2D eigenvalue weighted by molar-refractivity contribution is 5.78. The minimum absolute atomic E-state index is 0.0957. The number of Topliss-reactive ketones (excluding diaryl/α,β-unsaturated/α-hetero) is 1. The van der Waals surface area contributed by atoms with Crippen LogP contribution in [0, 0.1) is 11.3 Å². The highest BCUT2D eigenvalue weighted by atomic mass is 16.4. The van der Waals surface area contributed by atoms with E-state index in [0.717, 1.165) is 19.4 Å². The quantitative estimate of drug-likeness (QED) is 0.788. The number of piperidine rings is 1. The van der Waals surface area contributed by atoms with Crippen molar-refractivity contribution < 1.29 is 14.7 Å². The second-order valence-electron chi connectivity index (χ2n) is 5.37.